The van der Waals surface area contributed by atoms with Crippen molar-refractivity contribution in [3.05, 3.63) is 29.8 Å². The summed E-state index contributed by atoms with van der Waals surface area (Å²) < 4.78 is 5.16. The van der Waals surface area contributed by atoms with Crippen molar-refractivity contribution in [1.29, 1.82) is 0 Å². The summed E-state index contributed by atoms with van der Waals surface area (Å²) in [5, 5.41) is 3.52. The topological polar surface area (TPSA) is 21.3 Å². The summed E-state index contributed by atoms with van der Waals surface area (Å²) in [5.41, 5.74) is 1.58. The van der Waals surface area contributed by atoms with Gasteiger partial charge in [0.25, 0.3) is 0 Å². The standard InChI is InChI=1S/C15H25NO/c1-12(10-11-16-15(2,3)4)13-6-8-14(17-5)9-7-13/h6-9,12,16H,10-11H2,1-5H3. The summed E-state index contributed by atoms with van der Waals surface area (Å²) >= 11 is 0. The summed E-state index contributed by atoms with van der Waals surface area (Å²) in [4.78, 5) is 0. The molecule has 1 aromatic carbocycles. The van der Waals surface area contributed by atoms with Gasteiger partial charge in [-0.2, -0.15) is 0 Å². The minimum atomic E-state index is 0.208. The third-order valence-corrected chi connectivity index (χ3v) is 2.92. The molecule has 96 valence electrons. The Balaban J connectivity index is 2.43. The zero-order chi connectivity index (χ0) is 12.9. The van der Waals surface area contributed by atoms with E-state index < -0.39 is 0 Å². The summed E-state index contributed by atoms with van der Waals surface area (Å²) in [6, 6.07) is 8.37. The summed E-state index contributed by atoms with van der Waals surface area (Å²) in [6.07, 6.45) is 1.16. The number of rotatable bonds is 5. The van der Waals surface area contributed by atoms with Crippen LogP contribution < -0.4 is 10.1 Å². The van der Waals surface area contributed by atoms with E-state index in [1.54, 1.807) is 7.11 Å². The van der Waals surface area contributed by atoms with Gasteiger partial charge in [-0.3, -0.25) is 0 Å². The van der Waals surface area contributed by atoms with Gasteiger partial charge in [-0.1, -0.05) is 19.1 Å². The lowest BCUT2D eigenvalue weighted by Crippen LogP contribution is -2.36. The third-order valence-electron chi connectivity index (χ3n) is 2.92. The van der Waals surface area contributed by atoms with E-state index in [2.05, 4.69) is 45.1 Å². The number of hydrogen-bond donors (Lipinski definition) is 1. The number of ether oxygens (including phenoxy) is 1. The average Bonchev–Trinajstić information content (AvgIpc) is 2.27. The zero-order valence-electron chi connectivity index (χ0n) is 11.7. The average molecular weight is 235 g/mol. The second kappa shape index (κ2) is 6.06. The van der Waals surface area contributed by atoms with Gasteiger partial charge in [-0.25, -0.2) is 0 Å². The van der Waals surface area contributed by atoms with Crippen LogP contribution in [0.3, 0.4) is 0 Å². The molecule has 1 N–H and O–H groups in total. The van der Waals surface area contributed by atoms with Crippen LogP contribution in [0.15, 0.2) is 24.3 Å². The maximum atomic E-state index is 5.16. The van der Waals surface area contributed by atoms with Crippen molar-refractivity contribution >= 4 is 0 Å². The molecule has 1 atom stereocenters. The molecule has 1 unspecified atom stereocenters. The van der Waals surface area contributed by atoms with Crippen molar-refractivity contribution < 1.29 is 4.74 Å². The maximum Gasteiger partial charge on any atom is 0.118 e. The van der Waals surface area contributed by atoms with Gasteiger partial charge in [-0.15, -0.1) is 0 Å². The molecule has 0 saturated heterocycles. The molecule has 2 heteroatoms. The Kier molecular flexibility index (Phi) is 5.01. The Bertz CT molecular complexity index is 324. The molecule has 0 saturated carbocycles. The van der Waals surface area contributed by atoms with Gasteiger partial charge in [0.1, 0.15) is 5.75 Å². The zero-order valence-corrected chi connectivity index (χ0v) is 11.7. The highest BCUT2D eigenvalue weighted by Gasteiger charge is 2.10. The van der Waals surface area contributed by atoms with E-state index in [-0.39, 0.29) is 5.54 Å². The molecule has 0 fully saturated rings. The molecular formula is C15H25NO. The largest absolute Gasteiger partial charge is 0.497 e. The number of hydrogen-bond acceptors (Lipinski definition) is 2. The smallest absolute Gasteiger partial charge is 0.118 e. The molecule has 1 aromatic rings. The van der Waals surface area contributed by atoms with Crippen LogP contribution in [0.4, 0.5) is 0 Å². The minimum absolute atomic E-state index is 0.208. The Hall–Kier alpha value is -1.02. The number of nitrogens with one attached hydrogen (secondary N) is 1. The Morgan fingerprint density at radius 2 is 1.76 bits per heavy atom. The lowest BCUT2D eigenvalue weighted by atomic mass is 9.97. The van der Waals surface area contributed by atoms with E-state index in [1.807, 2.05) is 12.1 Å². The highest BCUT2D eigenvalue weighted by molar-refractivity contribution is 5.29. The predicted octanol–water partition coefficient (Wildman–Crippen LogP) is 3.58. The molecule has 1 rings (SSSR count). The maximum absolute atomic E-state index is 5.16. The second-order valence-electron chi connectivity index (χ2n) is 5.64. The van der Waals surface area contributed by atoms with E-state index in [1.165, 1.54) is 5.56 Å². The monoisotopic (exact) mass is 235 g/mol. The molecule has 0 aliphatic carbocycles. The second-order valence-corrected chi connectivity index (χ2v) is 5.64. The van der Waals surface area contributed by atoms with Gasteiger partial charge in [0, 0.05) is 5.54 Å². The number of methoxy groups -OCH3 is 1. The van der Waals surface area contributed by atoms with Gasteiger partial charge in [-0.05, 0) is 57.4 Å². The first-order valence-corrected chi connectivity index (χ1v) is 6.31. The van der Waals surface area contributed by atoms with Crippen molar-refractivity contribution in [2.75, 3.05) is 13.7 Å². The van der Waals surface area contributed by atoms with E-state index in [0.717, 1.165) is 18.7 Å². The molecule has 0 aromatic heterocycles. The lowest BCUT2D eigenvalue weighted by molar-refractivity contribution is 0.411. The van der Waals surface area contributed by atoms with Crippen molar-refractivity contribution in [3.8, 4) is 5.75 Å². The van der Waals surface area contributed by atoms with Gasteiger partial charge >= 0.3 is 0 Å². The lowest BCUT2D eigenvalue weighted by Gasteiger charge is -2.22. The molecule has 2 nitrogen and oxygen atoms in total. The van der Waals surface area contributed by atoms with Crippen molar-refractivity contribution in [2.45, 2.75) is 45.6 Å². The summed E-state index contributed by atoms with van der Waals surface area (Å²) in [6.45, 7) is 9.92. The Morgan fingerprint density at radius 1 is 1.18 bits per heavy atom. The fourth-order valence-corrected chi connectivity index (χ4v) is 1.76. The molecule has 0 amide bonds. The van der Waals surface area contributed by atoms with Gasteiger partial charge in [0.2, 0.25) is 0 Å². The van der Waals surface area contributed by atoms with E-state index in [9.17, 15) is 0 Å². The molecule has 0 aliphatic rings. The molecule has 0 heterocycles. The molecule has 0 radical (unpaired) electrons. The van der Waals surface area contributed by atoms with Crippen LogP contribution in [-0.4, -0.2) is 19.2 Å². The van der Waals surface area contributed by atoms with Gasteiger partial charge in [0.05, 0.1) is 7.11 Å². The van der Waals surface area contributed by atoms with E-state index >= 15 is 0 Å². The quantitative estimate of drug-likeness (QED) is 0.842. The fraction of sp³-hybridized carbons (Fsp3) is 0.600. The molecular weight excluding hydrogens is 210 g/mol. The normalized spacial score (nSPS) is 13.5. The van der Waals surface area contributed by atoms with Gasteiger partial charge in [0.15, 0.2) is 0 Å². The Morgan fingerprint density at radius 3 is 2.24 bits per heavy atom. The van der Waals surface area contributed by atoms with Crippen LogP contribution in [-0.2, 0) is 0 Å². The van der Waals surface area contributed by atoms with Crippen LogP contribution >= 0.6 is 0 Å². The van der Waals surface area contributed by atoms with Crippen LogP contribution in [0.25, 0.3) is 0 Å². The van der Waals surface area contributed by atoms with Crippen LogP contribution in [0, 0.1) is 0 Å². The van der Waals surface area contributed by atoms with Crippen molar-refractivity contribution in [3.63, 3.8) is 0 Å². The minimum Gasteiger partial charge on any atom is -0.497 e. The van der Waals surface area contributed by atoms with Crippen LogP contribution in [0.1, 0.15) is 45.6 Å². The van der Waals surface area contributed by atoms with E-state index in [0.29, 0.717) is 5.92 Å². The highest BCUT2D eigenvalue weighted by Crippen LogP contribution is 2.21. The van der Waals surface area contributed by atoms with Crippen molar-refractivity contribution in [1.82, 2.24) is 5.32 Å². The first-order chi connectivity index (χ1) is 7.92. The SMILES string of the molecule is COc1ccc(C(C)CCNC(C)(C)C)cc1. The predicted molar refractivity (Wildman–Crippen MR) is 73.8 cm³/mol. The summed E-state index contributed by atoms with van der Waals surface area (Å²) in [7, 11) is 1.70. The van der Waals surface area contributed by atoms with Crippen molar-refractivity contribution in [2.24, 2.45) is 0 Å². The summed E-state index contributed by atoms with van der Waals surface area (Å²) in [5.74, 6) is 1.50. The molecule has 0 aliphatic heterocycles. The fourth-order valence-electron chi connectivity index (χ4n) is 1.76. The first-order valence-electron chi connectivity index (χ1n) is 6.31. The first kappa shape index (κ1) is 14.0. The van der Waals surface area contributed by atoms with Crippen LogP contribution in [0.2, 0.25) is 0 Å². The molecule has 17 heavy (non-hydrogen) atoms. The van der Waals surface area contributed by atoms with Gasteiger partial charge < -0.3 is 10.1 Å². The van der Waals surface area contributed by atoms with Crippen LogP contribution in [0.5, 0.6) is 5.75 Å². The third kappa shape index (κ3) is 5.22. The number of benzene rings is 1. The Labute approximate surface area is 105 Å². The molecule has 0 bridgehead atoms. The highest BCUT2D eigenvalue weighted by atomic mass is 16.5. The molecule has 0 spiro atoms. The van der Waals surface area contributed by atoms with E-state index in [4.69, 9.17) is 4.74 Å².